The van der Waals surface area contributed by atoms with Crippen LogP contribution in [0.25, 0.3) is 0 Å². The van der Waals surface area contributed by atoms with Gasteiger partial charge in [-0.1, -0.05) is 6.42 Å². The number of rotatable bonds is 7. The molecule has 1 fully saturated rings. The van der Waals surface area contributed by atoms with Crippen LogP contribution in [0.15, 0.2) is 0 Å². The lowest BCUT2D eigenvalue weighted by Gasteiger charge is -2.32. The number of ether oxygens (including phenoxy) is 1. The van der Waals surface area contributed by atoms with Gasteiger partial charge in [0.2, 0.25) is 0 Å². The van der Waals surface area contributed by atoms with Gasteiger partial charge in [0.1, 0.15) is 9.84 Å². The van der Waals surface area contributed by atoms with Crippen molar-refractivity contribution in [1.82, 2.24) is 0 Å². The normalized spacial score (nSPS) is 27.1. The molecule has 2 N–H and O–H groups in total. The Balaban J connectivity index is 2.36. The molecule has 0 aromatic heterocycles. The van der Waals surface area contributed by atoms with Gasteiger partial charge in [-0.3, -0.25) is 0 Å². The van der Waals surface area contributed by atoms with Crippen LogP contribution in [0.4, 0.5) is 0 Å². The second kappa shape index (κ2) is 7.46. The number of sulfone groups is 1. The second-order valence-electron chi connectivity index (χ2n) is 5.38. The highest BCUT2D eigenvalue weighted by Gasteiger charge is 2.31. The van der Waals surface area contributed by atoms with E-state index in [1.807, 2.05) is 6.92 Å². The fourth-order valence-corrected chi connectivity index (χ4v) is 3.95. The molecule has 0 aromatic carbocycles. The summed E-state index contributed by atoms with van der Waals surface area (Å²) in [6.07, 6.45) is 6.86. The van der Waals surface area contributed by atoms with Gasteiger partial charge in [0.15, 0.2) is 0 Å². The molecule has 1 saturated carbocycles. The van der Waals surface area contributed by atoms with Gasteiger partial charge in [-0.2, -0.15) is 0 Å². The molecule has 3 unspecified atom stereocenters. The second-order valence-corrected chi connectivity index (χ2v) is 7.71. The number of hydrogen-bond acceptors (Lipinski definition) is 4. The summed E-state index contributed by atoms with van der Waals surface area (Å²) in [7, 11) is -2.90. The summed E-state index contributed by atoms with van der Waals surface area (Å²) in [5.74, 6) is 0.361. The Morgan fingerprint density at radius 1 is 1.39 bits per heavy atom. The van der Waals surface area contributed by atoms with Crippen LogP contribution in [0.5, 0.6) is 0 Å². The van der Waals surface area contributed by atoms with Crippen LogP contribution in [-0.2, 0) is 14.6 Å². The van der Waals surface area contributed by atoms with E-state index in [0.29, 0.717) is 5.92 Å². The first-order valence-electron chi connectivity index (χ1n) is 6.97. The summed E-state index contributed by atoms with van der Waals surface area (Å²) >= 11 is 0. The maximum absolute atomic E-state index is 11.6. The largest absolute Gasteiger partial charge is 0.382 e. The monoisotopic (exact) mass is 277 g/mol. The van der Waals surface area contributed by atoms with Crippen molar-refractivity contribution in [2.45, 2.75) is 56.7 Å². The maximum Gasteiger partial charge on any atom is 0.150 e. The smallest absolute Gasteiger partial charge is 0.150 e. The van der Waals surface area contributed by atoms with Crippen molar-refractivity contribution in [3.05, 3.63) is 0 Å². The molecule has 4 nitrogen and oxygen atoms in total. The number of nitrogens with two attached hydrogens (primary N) is 1. The Hall–Kier alpha value is -0.130. The topological polar surface area (TPSA) is 69.4 Å². The minimum Gasteiger partial charge on any atom is -0.382 e. The molecule has 18 heavy (non-hydrogen) atoms. The molecule has 0 spiro atoms. The Morgan fingerprint density at radius 3 is 2.72 bits per heavy atom. The molecular formula is C13H27NO3S. The first-order valence-corrected chi connectivity index (χ1v) is 8.92. The molecule has 1 rings (SSSR count). The Labute approximate surface area is 111 Å². The standard InChI is InChI=1S/C13H27NO3S/c1-3-17-9-5-8-13(14)11-6-4-7-12(10-11)18(2,15)16/h11-13H,3-10,14H2,1-2H3. The van der Waals surface area contributed by atoms with Crippen LogP contribution in [-0.4, -0.2) is 39.2 Å². The highest BCUT2D eigenvalue weighted by atomic mass is 32.2. The van der Waals surface area contributed by atoms with E-state index in [0.717, 1.165) is 51.7 Å². The van der Waals surface area contributed by atoms with Crippen molar-refractivity contribution >= 4 is 9.84 Å². The van der Waals surface area contributed by atoms with Gasteiger partial charge in [-0.15, -0.1) is 0 Å². The van der Waals surface area contributed by atoms with Gasteiger partial charge in [-0.05, 0) is 44.9 Å². The minimum absolute atomic E-state index is 0.120. The van der Waals surface area contributed by atoms with Crippen LogP contribution in [0.2, 0.25) is 0 Å². The molecule has 0 aromatic rings. The Morgan fingerprint density at radius 2 is 2.11 bits per heavy atom. The van der Waals surface area contributed by atoms with E-state index in [1.165, 1.54) is 6.26 Å². The van der Waals surface area contributed by atoms with Crippen LogP contribution < -0.4 is 5.73 Å². The molecule has 0 heterocycles. The summed E-state index contributed by atoms with van der Waals surface area (Å²) in [6.45, 7) is 3.49. The van der Waals surface area contributed by atoms with Gasteiger partial charge in [0.25, 0.3) is 0 Å². The van der Waals surface area contributed by atoms with Gasteiger partial charge in [0, 0.05) is 25.5 Å². The third-order valence-electron chi connectivity index (χ3n) is 3.91. The Bertz CT molecular complexity index is 329. The molecule has 0 saturated heterocycles. The molecular weight excluding hydrogens is 250 g/mol. The molecule has 0 bridgehead atoms. The number of hydrogen-bond donors (Lipinski definition) is 1. The average Bonchev–Trinajstić information content (AvgIpc) is 2.33. The predicted molar refractivity (Wildman–Crippen MR) is 74.3 cm³/mol. The molecule has 1 aliphatic rings. The average molecular weight is 277 g/mol. The zero-order valence-corrected chi connectivity index (χ0v) is 12.4. The maximum atomic E-state index is 11.6. The highest BCUT2D eigenvalue weighted by Crippen LogP contribution is 2.31. The molecule has 5 heteroatoms. The molecule has 108 valence electrons. The lowest BCUT2D eigenvalue weighted by atomic mass is 9.82. The van der Waals surface area contributed by atoms with Crippen LogP contribution in [0.1, 0.15) is 45.4 Å². The van der Waals surface area contributed by atoms with Crippen LogP contribution >= 0.6 is 0 Å². The van der Waals surface area contributed by atoms with E-state index in [-0.39, 0.29) is 11.3 Å². The lowest BCUT2D eigenvalue weighted by molar-refractivity contribution is 0.138. The Kier molecular flexibility index (Phi) is 6.60. The summed E-state index contributed by atoms with van der Waals surface area (Å²) in [5.41, 5.74) is 6.19. The summed E-state index contributed by atoms with van der Waals surface area (Å²) in [4.78, 5) is 0. The van der Waals surface area contributed by atoms with Gasteiger partial charge in [0.05, 0.1) is 5.25 Å². The zero-order valence-electron chi connectivity index (χ0n) is 11.6. The molecule has 1 aliphatic carbocycles. The quantitative estimate of drug-likeness (QED) is 0.720. The first kappa shape index (κ1) is 15.9. The molecule has 0 aliphatic heterocycles. The van der Waals surface area contributed by atoms with Crippen molar-refractivity contribution in [3.63, 3.8) is 0 Å². The lowest BCUT2D eigenvalue weighted by Crippen LogP contribution is -2.37. The fourth-order valence-electron chi connectivity index (χ4n) is 2.76. The molecule has 3 atom stereocenters. The van der Waals surface area contributed by atoms with E-state index < -0.39 is 9.84 Å². The summed E-state index contributed by atoms with van der Waals surface area (Å²) in [6, 6.07) is 0.120. The van der Waals surface area contributed by atoms with Crippen molar-refractivity contribution in [3.8, 4) is 0 Å². The third-order valence-corrected chi connectivity index (χ3v) is 5.55. The van der Waals surface area contributed by atoms with E-state index in [2.05, 4.69) is 0 Å². The van der Waals surface area contributed by atoms with E-state index >= 15 is 0 Å². The molecule has 0 amide bonds. The van der Waals surface area contributed by atoms with Crippen LogP contribution in [0, 0.1) is 5.92 Å². The van der Waals surface area contributed by atoms with Gasteiger partial charge in [-0.25, -0.2) is 8.42 Å². The zero-order chi connectivity index (χ0) is 13.6. The minimum atomic E-state index is -2.90. The third kappa shape index (κ3) is 5.24. The van der Waals surface area contributed by atoms with Crippen molar-refractivity contribution in [2.75, 3.05) is 19.5 Å². The summed E-state index contributed by atoms with van der Waals surface area (Å²) < 4.78 is 28.5. The highest BCUT2D eigenvalue weighted by molar-refractivity contribution is 7.91. The fraction of sp³-hybridized carbons (Fsp3) is 1.00. The SMILES string of the molecule is CCOCCCC(N)C1CCCC(S(C)(=O)=O)C1. The summed E-state index contributed by atoms with van der Waals surface area (Å²) in [5, 5.41) is -0.172. The van der Waals surface area contributed by atoms with Crippen LogP contribution in [0.3, 0.4) is 0 Å². The van der Waals surface area contributed by atoms with Crippen molar-refractivity contribution in [1.29, 1.82) is 0 Å². The van der Waals surface area contributed by atoms with E-state index in [1.54, 1.807) is 0 Å². The molecule has 0 radical (unpaired) electrons. The van der Waals surface area contributed by atoms with Gasteiger partial charge >= 0.3 is 0 Å². The van der Waals surface area contributed by atoms with E-state index in [4.69, 9.17) is 10.5 Å². The van der Waals surface area contributed by atoms with E-state index in [9.17, 15) is 8.42 Å². The predicted octanol–water partition coefficient (Wildman–Crippen LogP) is 1.73. The van der Waals surface area contributed by atoms with Gasteiger partial charge < -0.3 is 10.5 Å². The first-order chi connectivity index (χ1) is 8.45. The van der Waals surface area contributed by atoms with Crippen molar-refractivity contribution < 1.29 is 13.2 Å². The van der Waals surface area contributed by atoms with Crippen molar-refractivity contribution in [2.24, 2.45) is 11.7 Å².